The Morgan fingerprint density at radius 3 is 1.52 bits per heavy atom. The number of carbonyl (C=O) groups excluding carboxylic acids is 2. The Morgan fingerprint density at radius 1 is 0.600 bits per heavy atom. The molecule has 0 saturated carbocycles. The number of aromatic nitrogens is 2. The number of nitrogens with zero attached hydrogens (tertiary/aromatic N) is 2. The van der Waals surface area contributed by atoms with E-state index in [1.165, 1.54) is 6.07 Å². The zero-order valence-electron chi connectivity index (χ0n) is 21.9. The van der Waals surface area contributed by atoms with Gasteiger partial charge in [0.05, 0.1) is 29.8 Å². The van der Waals surface area contributed by atoms with Crippen molar-refractivity contribution >= 4 is 27.5 Å². The van der Waals surface area contributed by atoms with Crippen molar-refractivity contribution in [3.05, 3.63) is 149 Å². The molecule has 0 radical (unpaired) electrons. The highest BCUT2D eigenvalue weighted by Crippen LogP contribution is 2.23. The maximum Gasteiger partial charge on any atom is 0.215 e. The van der Waals surface area contributed by atoms with Crippen LogP contribution >= 0.6 is 15.9 Å². The summed E-state index contributed by atoms with van der Waals surface area (Å²) in [6.45, 7) is 0. The molecule has 5 aromatic rings. The average molecular weight is 599 g/mol. The fourth-order valence-electron chi connectivity index (χ4n) is 3.38. The van der Waals surface area contributed by atoms with Crippen molar-refractivity contribution in [3.63, 3.8) is 0 Å². The Kier molecular flexibility index (Phi) is 11.6. The van der Waals surface area contributed by atoms with Crippen molar-refractivity contribution in [2.24, 2.45) is 0 Å². The van der Waals surface area contributed by atoms with Gasteiger partial charge in [0.1, 0.15) is 28.6 Å². The van der Waals surface area contributed by atoms with Gasteiger partial charge in [0, 0.05) is 12.4 Å². The van der Waals surface area contributed by atoms with Crippen LogP contribution in [0.3, 0.4) is 0 Å². The molecule has 0 fully saturated rings. The first-order chi connectivity index (χ1) is 19.5. The van der Waals surface area contributed by atoms with Gasteiger partial charge in [-0.25, -0.2) is 0 Å². The fraction of sp³-hybridized carbons (Fsp3) is 0.0625. The summed E-state index contributed by atoms with van der Waals surface area (Å²) < 4.78 is 11.1. The summed E-state index contributed by atoms with van der Waals surface area (Å²) >= 11 is 3.33. The summed E-state index contributed by atoms with van der Waals surface area (Å²) in [5.74, 6) is 1.02. The number of pyridine rings is 2. The Labute approximate surface area is 241 Å². The van der Waals surface area contributed by atoms with Gasteiger partial charge in [-0.2, -0.15) is 0 Å². The minimum atomic E-state index is -0.270. The van der Waals surface area contributed by atoms with E-state index in [-0.39, 0.29) is 22.9 Å². The van der Waals surface area contributed by atoms with Crippen LogP contribution in [0.2, 0.25) is 0 Å². The Morgan fingerprint density at radius 2 is 1.05 bits per heavy atom. The van der Waals surface area contributed by atoms with Crippen LogP contribution in [-0.2, 0) is 0 Å². The molecular formula is C32H27BrN2O5. The van der Waals surface area contributed by atoms with Crippen molar-refractivity contribution < 1.29 is 24.2 Å². The number of rotatable bonds is 6. The molecule has 3 aromatic carbocycles. The first-order valence-corrected chi connectivity index (χ1v) is 12.9. The molecule has 7 nitrogen and oxygen atoms in total. The lowest BCUT2D eigenvalue weighted by Gasteiger charge is -2.06. The number of methoxy groups -OCH3 is 2. The maximum atomic E-state index is 12.1. The molecule has 0 atom stereocenters. The highest BCUT2D eigenvalue weighted by Gasteiger charge is 2.14. The number of hydrogen-bond acceptors (Lipinski definition) is 7. The number of ether oxygens (including phenoxy) is 2. The Hall–Kier alpha value is -4.82. The summed E-state index contributed by atoms with van der Waals surface area (Å²) in [5.41, 5.74) is 1.56. The van der Waals surface area contributed by atoms with Gasteiger partial charge in [-0.3, -0.25) is 19.6 Å². The largest absolute Gasteiger partial charge is 0.507 e. The van der Waals surface area contributed by atoms with Crippen molar-refractivity contribution in [3.8, 4) is 17.2 Å². The van der Waals surface area contributed by atoms with Crippen LogP contribution in [0.4, 0.5) is 0 Å². The summed E-state index contributed by atoms with van der Waals surface area (Å²) in [4.78, 5) is 31.9. The second-order valence-electron chi connectivity index (χ2n) is 7.94. The van der Waals surface area contributed by atoms with E-state index >= 15 is 0 Å². The second kappa shape index (κ2) is 15.6. The smallest absolute Gasteiger partial charge is 0.215 e. The van der Waals surface area contributed by atoms with Crippen LogP contribution in [-0.4, -0.2) is 40.9 Å². The van der Waals surface area contributed by atoms with Gasteiger partial charge in [-0.05, 0) is 76.6 Å². The first-order valence-electron chi connectivity index (χ1n) is 12.1. The fourth-order valence-corrected chi connectivity index (χ4v) is 3.82. The second-order valence-corrected chi connectivity index (χ2v) is 8.79. The molecular weight excluding hydrogens is 572 g/mol. The first kappa shape index (κ1) is 29.7. The number of benzene rings is 3. The number of aromatic hydroxyl groups is 1. The number of carbonyl (C=O) groups is 2. The Bertz CT molecular complexity index is 1530. The van der Waals surface area contributed by atoms with Crippen LogP contribution < -0.4 is 9.47 Å². The van der Waals surface area contributed by atoms with E-state index in [9.17, 15) is 14.7 Å². The highest BCUT2D eigenvalue weighted by molar-refractivity contribution is 9.10. The highest BCUT2D eigenvalue weighted by atomic mass is 79.9. The molecule has 0 saturated heterocycles. The van der Waals surface area contributed by atoms with Crippen molar-refractivity contribution in [2.45, 2.75) is 0 Å². The molecule has 8 heteroatoms. The number of ketones is 2. The SMILES string of the molecule is COc1ccccc1Br.COc1ccccc1C(=O)c1ccccn1.O=C(c1ccccn1)c1ccccc1O. The maximum absolute atomic E-state index is 12.1. The monoisotopic (exact) mass is 598 g/mol. The predicted octanol–water partition coefficient (Wildman–Crippen LogP) is 6.80. The van der Waals surface area contributed by atoms with Crippen LogP contribution in [0.1, 0.15) is 32.1 Å². The van der Waals surface area contributed by atoms with E-state index in [0.29, 0.717) is 22.7 Å². The normalized spacial score (nSPS) is 9.68. The lowest BCUT2D eigenvalue weighted by atomic mass is 10.1. The van der Waals surface area contributed by atoms with Gasteiger partial charge in [-0.1, -0.05) is 48.5 Å². The molecule has 0 amide bonds. The third-order valence-electron chi connectivity index (χ3n) is 5.35. The number of para-hydroxylation sites is 3. The molecule has 5 rings (SSSR count). The van der Waals surface area contributed by atoms with Gasteiger partial charge in [0.2, 0.25) is 11.6 Å². The standard InChI is InChI=1S/C13H11NO2.C12H9NO2.C7H7BrO/c1-16-12-8-3-2-6-10(12)13(15)11-7-4-5-9-14-11;14-11-7-2-1-5-9(11)12(15)10-6-3-4-8-13-10;1-9-7-5-3-2-4-6(7)8/h2-9H,1H3;1-8,14H;2-5H,1H3. The van der Waals surface area contributed by atoms with Crippen LogP contribution in [0.15, 0.2) is 126 Å². The predicted molar refractivity (Wildman–Crippen MR) is 157 cm³/mol. The van der Waals surface area contributed by atoms with Crippen LogP contribution in [0.25, 0.3) is 0 Å². The summed E-state index contributed by atoms with van der Waals surface area (Å²) in [5, 5.41) is 9.49. The molecule has 0 bridgehead atoms. The van der Waals surface area contributed by atoms with E-state index in [2.05, 4.69) is 25.9 Å². The minimum absolute atomic E-state index is 0.0202. The van der Waals surface area contributed by atoms with Crippen LogP contribution in [0, 0.1) is 0 Å². The van der Waals surface area contributed by atoms with Crippen molar-refractivity contribution in [1.82, 2.24) is 9.97 Å². The molecule has 40 heavy (non-hydrogen) atoms. The number of phenolic OH excluding ortho intramolecular Hbond substituents is 1. The minimum Gasteiger partial charge on any atom is -0.507 e. The zero-order chi connectivity index (χ0) is 28.7. The third kappa shape index (κ3) is 8.34. The van der Waals surface area contributed by atoms with E-state index < -0.39 is 0 Å². The molecule has 0 aliphatic rings. The molecule has 1 N–H and O–H groups in total. The van der Waals surface area contributed by atoms with Gasteiger partial charge in [0.15, 0.2) is 0 Å². The molecule has 2 heterocycles. The van der Waals surface area contributed by atoms with Gasteiger partial charge >= 0.3 is 0 Å². The molecule has 0 aliphatic heterocycles. The topological polar surface area (TPSA) is 98.6 Å². The number of phenols is 1. The number of halogens is 1. The van der Waals surface area contributed by atoms with E-state index in [1.807, 2.05) is 30.3 Å². The quantitative estimate of drug-likeness (QED) is 0.215. The van der Waals surface area contributed by atoms with Crippen molar-refractivity contribution in [2.75, 3.05) is 14.2 Å². The third-order valence-corrected chi connectivity index (χ3v) is 6.01. The zero-order valence-corrected chi connectivity index (χ0v) is 23.5. The summed E-state index contributed by atoms with van der Waals surface area (Å²) in [6, 6.07) is 31.6. The van der Waals surface area contributed by atoms with E-state index in [1.54, 1.807) is 99.4 Å². The molecule has 0 spiro atoms. The molecule has 0 aliphatic carbocycles. The molecule has 0 unspecified atom stereocenters. The van der Waals surface area contributed by atoms with E-state index in [4.69, 9.17) is 9.47 Å². The van der Waals surface area contributed by atoms with Crippen LogP contribution in [0.5, 0.6) is 17.2 Å². The van der Waals surface area contributed by atoms with Gasteiger partial charge < -0.3 is 14.6 Å². The molecule has 202 valence electrons. The summed E-state index contributed by atoms with van der Waals surface area (Å²) in [6.07, 6.45) is 3.15. The van der Waals surface area contributed by atoms with Crippen molar-refractivity contribution in [1.29, 1.82) is 0 Å². The van der Waals surface area contributed by atoms with E-state index in [0.717, 1.165) is 10.2 Å². The molecule has 2 aromatic heterocycles. The number of hydrogen-bond donors (Lipinski definition) is 1. The Balaban J connectivity index is 0.000000172. The van der Waals surface area contributed by atoms with Gasteiger partial charge in [-0.15, -0.1) is 0 Å². The lowest BCUT2D eigenvalue weighted by molar-refractivity contribution is 0.102. The van der Waals surface area contributed by atoms with Gasteiger partial charge in [0.25, 0.3) is 0 Å². The average Bonchev–Trinajstić information content (AvgIpc) is 3.02. The lowest BCUT2D eigenvalue weighted by Crippen LogP contribution is -2.05. The summed E-state index contributed by atoms with van der Waals surface area (Å²) in [7, 11) is 3.20.